The van der Waals surface area contributed by atoms with E-state index in [2.05, 4.69) is 10.3 Å². The van der Waals surface area contributed by atoms with Crippen molar-refractivity contribution in [1.82, 2.24) is 14.9 Å². The number of amides is 1. The molecule has 1 amide bonds. The molecule has 0 radical (unpaired) electrons. The first-order valence-corrected chi connectivity index (χ1v) is 8.85. The molecule has 0 fully saturated rings. The summed E-state index contributed by atoms with van der Waals surface area (Å²) in [6.07, 6.45) is 6.76. The number of nitrogens with one attached hydrogen (secondary N) is 1. The van der Waals surface area contributed by atoms with Crippen molar-refractivity contribution >= 4 is 12.0 Å². The zero-order chi connectivity index (χ0) is 19.9. The van der Waals surface area contributed by atoms with Crippen LogP contribution < -0.4 is 14.8 Å². The van der Waals surface area contributed by atoms with E-state index in [-0.39, 0.29) is 11.9 Å². The van der Waals surface area contributed by atoms with E-state index in [0.29, 0.717) is 11.5 Å². The molecule has 1 atom stereocenters. The Morgan fingerprint density at radius 2 is 1.89 bits per heavy atom. The number of benzene rings is 2. The normalized spacial score (nSPS) is 12.0. The molecular formula is C22H23N3O3. The maximum absolute atomic E-state index is 12.7. The van der Waals surface area contributed by atoms with Gasteiger partial charge in [-0.1, -0.05) is 42.5 Å². The summed E-state index contributed by atoms with van der Waals surface area (Å²) in [5, 5.41) is 3.03. The Morgan fingerprint density at radius 1 is 1.11 bits per heavy atom. The fourth-order valence-corrected chi connectivity index (χ4v) is 3.00. The maximum atomic E-state index is 12.7. The fraction of sp³-hybridized carbons (Fsp3) is 0.182. The number of carbonyl (C=O) groups is 1. The summed E-state index contributed by atoms with van der Waals surface area (Å²) in [6.45, 7) is 0. The number of carbonyl (C=O) groups excluding carboxylic acids is 1. The molecule has 1 N–H and O–H groups in total. The Hall–Kier alpha value is -3.54. The molecule has 0 aliphatic carbocycles. The minimum Gasteiger partial charge on any atom is -0.493 e. The molecule has 0 aliphatic rings. The molecule has 6 nitrogen and oxygen atoms in total. The third-order valence-electron chi connectivity index (χ3n) is 4.38. The number of rotatable bonds is 7. The quantitative estimate of drug-likeness (QED) is 0.641. The highest BCUT2D eigenvalue weighted by atomic mass is 16.5. The van der Waals surface area contributed by atoms with E-state index >= 15 is 0 Å². The van der Waals surface area contributed by atoms with E-state index in [1.54, 1.807) is 26.5 Å². The molecule has 0 aliphatic heterocycles. The predicted octanol–water partition coefficient (Wildman–Crippen LogP) is 3.36. The number of aryl methyl sites for hydroxylation is 1. The number of hydrogen-bond donors (Lipinski definition) is 1. The Bertz CT molecular complexity index is 964. The van der Waals surface area contributed by atoms with E-state index in [9.17, 15) is 4.79 Å². The average Bonchev–Trinajstić information content (AvgIpc) is 3.16. The second-order valence-electron chi connectivity index (χ2n) is 6.16. The first kappa shape index (κ1) is 19.2. The van der Waals surface area contributed by atoms with Crippen molar-refractivity contribution in [1.29, 1.82) is 0 Å². The van der Waals surface area contributed by atoms with Gasteiger partial charge in [-0.25, -0.2) is 4.98 Å². The van der Waals surface area contributed by atoms with Crippen LogP contribution in [0, 0.1) is 0 Å². The van der Waals surface area contributed by atoms with E-state index in [1.165, 1.54) is 6.08 Å². The molecule has 0 saturated carbocycles. The monoisotopic (exact) mass is 377 g/mol. The summed E-state index contributed by atoms with van der Waals surface area (Å²) in [5.41, 5.74) is 1.71. The summed E-state index contributed by atoms with van der Waals surface area (Å²) < 4.78 is 12.6. The van der Waals surface area contributed by atoms with Gasteiger partial charge in [-0.3, -0.25) is 4.79 Å². The van der Waals surface area contributed by atoms with Gasteiger partial charge in [0.1, 0.15) is 11.9 Å². The summed E-state index contributed by atoms with van der Waals surface area (Å²) in [7, 11) is 5.05. The van der Waals surface area contributed by atoms with Gasteiger partial charge in [0.25, 0.3) is 0 Å². The van der Waals surface area contributed by atoms with Crippen LogP contribution in [0.3, 0.4) is 0 Å². The van der Waals surface area contributed by atoms with Crippen molar-refractivity contribution in [2.45, 2.75) is 6.04 Å². The zero-order valence-electron chi connectivity index (χ0n) is 16.1. The van der Waals surface area contributed by atoms with Crippen LogP contribution in [0.1, 0.15) is 23.0 Å². The van der Waals surface area contributed by atoms with E-state index in [0.717, 1.165) is 17.0 Å². The highest BCUT2D eigenvalue weighted by Gasteiger charge is 2.19. The van der Waals surface area contributed by atoms with Crippen LogP contribution in [0.15, 0.2) is 67.0 Å². The second kappa shape index (κ2) is 8.90. The Kier molecular flexibility index (Phi) is 6.11. The maximum Gasteiger partial charge on any atom is 0.244 e. The molecule has 2 aromatic carbocycles. The number of imidazole rings is 1. The second-order valence-corrected chi connectivity index (χ2v) is 6.16. The number of para-hydroxylation sites is 1. The first-order valence-electron chi connectivity index (χ1n) is 8.85. The van der Waals surface area contributed by atoms with Gasteiger partial charge in [0.2, 0.25) is 5.91 Å². The molecule has 1 aromatic heterocycles. The van der Waals surface area contributed by atoms with E-state index < -0.39 is 0 Å². The Labute approximate surface area is 164 Å². The van der Waals surface area contributed by atoms with Crippen molar-refractivity contribution in [3.8, 4) is 11.5 Å². The fourth-order valence-electron chi connectivity index (χ4n) is 3.00. The van der Waals surface area contributed by atoms with Crippen LogP contribution in [0.25, 0.3) is 6.08 Å². The lowest BCUT2D eigenvalue weighted by molar-refractivity contribution is -0.117. The molecule has 28 heavy (non-hydrogen) atoms. The minimum absolute atomic E-state index is 0.235. The van der Waals surface area contributed by atoms with E-state index in [4.69, 9.17) is 9.47 Å². The van der Waals surface area contributed by atoms with Crippen molar-refractivity contribution in [3.63, 3.8) is 0 Å². The third-order valence-corrected chi connectivity index (χ3v) is 4.38. The van der Waals surface area contributed by atoms with Crippen LogP contribution >= 0.6 is 0 Å². The molecule has 1 unspecified atom stereocenters. The highest BCUT2D eigenvalue weighted by Crippen LogP contribution is 2.31. The third kappa shape index (κ3) is 4.23. The summed E-state index contributed by atoms with van der Waals surface area (Å²) >= 11 is 0. The van der Waals surface area contributed by atoms with Gasteiger partial charge in [0.05, 0.1) is 14.2 Å². The average molecular weight is 377 g/mol. The van der Waals surface area contributed by atoms with Gasteiger partial charge in [0.15, 0.2) is 11.5 Å². The van der Waals surface area contributed by atoms with Gasteiger partial charge in [-0.2, -0.15) is 0 Å². The molecule has 3 rings (SSSR count). The van der Waals surface area contributed by atoms with Gasteiger partial charge in [0, 0.05) is 31.1 Å². The number of methoxy groups -OCH3 is 2. The van der Waals surface area contributed by atoms with Crippen molar-refractivity contribution in [2.75, 3.05) is 14.2 Å². The molecule has 0 bridgehead atoms. The topological polar surface area (TPSA) is 65.4 Å². The standard InChI is InChI=1S/C22H23N3O3/c1-25-15-14-23-22(25)20(16-8-5-4-6-9-16)24-19(26)13-12-17-10-7-11-18(27-2)21(17)28-3/h4-15,20H,1-3H3,(H,24,26)/b13-12+. The van der Waals surface area contributed by atoms with Gasteiger partial charge in [-0.05, 0) is 17.7 Å². The molecule has 0 spiro atoms. The van der Waals surface area contributed by atoms with Crippen LogP contribution in [0.5, 0.6) is 11.5 Å². The van der Waals surface area contributed by atoms with Crippen LogP contribution in [-0.4, -0.2) is 29.7 Å². The Balaban J connectivity index is 1.84. The number of aromatic nitrogens is 2. The lowest BCUT2D eigenvalue weighted by Gasteiger charge is -2.18. The summed E-state index contributed by atoms with van der Waals surface area (Å²) in [5.74, 6) is 1.71. The van der Waals surface area contributed by atoms with Gasteiger partial charge in [-0.15, -0.1) is 0 Å². The zero-order valence-corrected chi connectivity index (χ0v) is 16.1. The molecule has 6 heteroatoms. The largest absolute Gasteiger partial charge is 0.493 e. The van der Waals surface area contributed by atoms with Crippen molar-refractivity contribution in [3.05, 3.63) is 84.0 Å². The highest BCUT2D eigenvalue weighted by molar-refractivity contribution is 5.92. The molecule has 3 aromatic rings. The van der Waals surface area contributed by atoms with Crippen molar-refractivity contribution < 1.29 is 14.3 Å². The van der Waals surface area contributed by atoms with Crippen LogP contribution in [0.4, 0.5) is 0 Å². The lowest BCUT2D eigenvalue weighted by Crippen LogP contribution is -2.29. The lowest BCUT2D eigenvalue weighted by atomic mass is 10.1. The molecule has 144 valence electrons. The first-order chi connectivity index (χ1) is 13.6. The van der Waals surface area contributed by atoms with Crippen LogP contribution in [0.2, 0.25) is 0 Å². The number of hydrogen-bond acceptors (Lipinski definition) is 4. The Morgan fingerprint density at radius 3 is 2.54 bits per heavy atom. The summed E-state index contributed by atoms with van der Waals surface area (Å²) in [4.78, 5) is 17.1. The summed E-state index contributed by atoms with van der Waals surface area (Å²) in [6, 6.07) is 14.9. The van der Waals surface area contributed by atoms with Crippen LogP contribution in [-0.2, 0) is 11.8 Å². The van der Waals surface area contributed by atoms with E-state index in [1.807, 2.05) is 66.3 Å². The number of ether oxygens (including phenoxy) is 2. The van der Waals surface area contributed by atoms with Gasteiger partial charge >= 0.3 is 0 Å². The molecular weight excluding hydrogens is 354 g/mol. The predicted molar refractivity (Wildman–Crippen MR) is 108 cm³/mol. The smallest absolute Gasteiger partial charge is 0.244 e. The SMILES string of the molecule is COc1cccc(/C=C/C(=O)NC(c2ccccc2)c2nccn2C)c1OC. The molecule has 1 heterocycles. The minimum atomic E-state index is -0.356. The molecule has 0 saturated heterocycles. The number of nitrogens with zero attached hydrogens (tertiary/aromatic N) is 2. The van der Waals surface area contributed by atoms with Crippen molar-refractivity contribution in [2.24, 2.45) is 7.05 Å². The van der Waals surface area contributed by atoms with Gasteiger partial charge < -0.3 is 19.4 Å².